The molecule has 6 heteroatoms. The van der Waals surface area contributed by atoms with Crippen molar-refractivity contribution in [3.63, 3.8) is 0 Å². The largest absolute Gasteiger partial charge is 0.477 e. The lowest BCUT2D eigenvalue weighted by Crippen LogP contribution is -1.99. The van der Waals surface area contributed by atoms with Crippen molar-refractivity contribution in [1.82, 2.24) is 9.38 Å². The number of aromatic nitrogens is 2. The molecule has 0 radical (unpaired) electrons. The van der Waals surface area contributed by atoms with Gasteiger partial charge in [0.25, 0.3) is 0 Å². The first kappa shape index (κ1) is 11.0. The molecule has 3 rings (SSSR count). The first-order valence-electron chi connectivity index (χ1n) is 5.48. The van der Waals surface area contributed by atoms with Gasteiger partial charge in [0.15, 0.2) is 10.7 Å². The molecule has 0 unspecified atom stereocenters. The summed E-state index contributed by atoms with van der Waals surface area (Å²) in [5, 5.41) is 9.12. The first-order valence-corrected chi connectivity index (χ1v) is 6.30. The molecular weight excluding hydrogens is 252 g/mol. The number of furan rings is 1. The zero-order chi connectivity index (χ0) is 12.7. The molecule has 0 saturated heterocycles. The quantitative estimate of drug-likeness (QED) is 0.788. The van der Waals surface area contributed by atoms with Gasteiger partial charge in [-0.3, -0.25) is 4.40 Å². The summed E-state index contributed by atoms with van der Waals surface area (Å²) in [4.78, 5) is 16.5. The molecule has 0 spiro atoms. The number of hydrogen-bond acceptors (Lipinski definition) is 4. The maximum absolute atomic E-state index is 11.1. The second-order valence-electron chi connectivity index (χ2n) is 3.79. The molecule has 1 N–H and O–H groups in total. The minimum atomic E-state index is -0.901. The number of imidazole rings is 1. The summed E-state index contributed by atoms with van der Waals surface area (Å²) < 4.78 is 7.11. The minimum Gasteiger partial charge on any atom is -0.477 e. The number of aryl methyl sites for hydroxylation is 1. The van der Waals surface area contributed by atoms with Gasteiger partial charge in [0.1, 0.15) is 10.6 Å². The molecule has 0 saturated carbocycles. The molecule has 0 aliphatic heterocycles. The van der Waals surface area contributed by atoms with Gasteiger partial charge >= 0.3 is 5.97 Å². The molecule has 18 heavy (non-hydrogen) atoms. The predicted octanol–water partition coefficient (Wildman–Crippen LogP) is 2.92. The summed E-state index contributed by atoms with van der Waals surface area (Å²) in [6, 6.07) is 3.63. The Balaban J connectivity index is 2.20. The van der Waals surface area contributed by atoms with Crippen LogP contribution in [0.15, 0.2) is 29.0 Å². The molecular formula is C12H10N2O3S. The first-order chi connectivity index (χ1) is 8.70. The van der Waals surface area contributed by atoms with Crippen LogP contribution in [-0.4, -0.2) is 20.5 Å². The molecule has 0 aliphatic rings. The molecule has 0 atom stereocenters. The Labute approximate surface area is 106 Å². The van der Waals surface area contributed by atoms with E-state index in [1.165, 1.54) is 11.3 Å². The third-order valence-corrected chi connectivity index (χ3v) is 3.81. The highest BCUT2D eigenvalue weighted by Gasteiger charge is 2.19. The normalized spacial score (nSPS) is 11.2. The Morgan fingerprint density at radius 1 is 1.61 bits per heavy atom. The monoisotopic (exact) mass is 262 g/mol. The Morgan fingerprint density at radius 3 is 3.06 bits per heavy atom. The van der Waals surface area contributed by atoms with Crippen LogP contribution < -0.4 is 0 Å². The number of rotatable bonds is 3. The van der Waals surface area contributed by atoms with Gasteiger partial charge in [-0.05, 0) is 18.6 Å². The fourth-order valence-corrected chi connectivity index (χ4v) is 2.96. The number of carboxylic acid groups (broad SMARTS) is 1. The number of fused-ring (bicyclic) bond motifs is 1. The van der Waals surface area contributed by atoms with Gasteiger partial charge in [0.05, 0.1) is 6.26 Å². The predicted molar refractivity (Wildman–Crippen MR) is 67.1 cm³/mol. The molecule has 5 nitrogen and oxygen atoms in total. The van der Waals surface area contributed by atoms with Crippen LogP contribution in [0.3, 0.4) is 0 Å². The van der Waals surface area contributed by atoms with E-state index in [-0.39, 0.29) is 0 Å². The van der Waals surface area contributed by atoms with E-state index in [0.29, 0.717) is 22.0 Å². The van der Waals surface area contributed by atoms with Crippen molar-refractivity contribution in [2.75, 3.05) is 0 Å². The SMILES string of the molecule is CCc1c(C(=O)O)sc2nc(-c3ccco3)cn12. The molecule has 0 fully saturated rings. The highest BCUT2D eigenvalue weighted by molar-refractivity contribution is 7.19. The summed E-state index contributed by atoms with van der Waals surface area (Å²) in [5.74, 6) is -0.216. The van der Waals surface area contributed by atoms with E-state index < -0.39 is 5.97 Å². The Kier molecular flexibility index (Phi) is 2.45. The van der Waals surface area contributed by atoms with Crippen LogP contribution in [0.1, 0.15) is 22.3 Å². The summed E-state index contributed by atoms with van der Waals surface area (Å²) in [5.41, 5.74) is 1.49. The second-order valence-corrected chi connectivity index (χ2v) is 4.77. The summed E-state index contributed by atoms with van der Waals surface area (Å²) >= 11 is 1.19. The summed E-state index contributed by atoms with van der Waals surface area (Å²) in [6.45, 7) is 1.93. The lowest BCUT2D eigenvalue weighted by molar-refractivity contribution is 0.0700. The summed E-state index contributed by atoms with van der Waals surface area (Å²) in [7, 11) is 0. The van der Waals surface area contributed by atoms with Gasteiger partial charge in [-0.1, -0.05) is 18.3 Å². The van der Waals surface area contributed by atoms with Crippen molar-refractivity contribution in [1.29, 1.82) is 0 Å². The molecule has 3 heterocycles. The topological polar surface area (TPSA) is 67.7 Å². The lowest BCUT2D eigenvalue weighted by atomic mass is 10.3. The van der Waals surface area contributed by atoms with Crippen LogP contribution in [0.25, 0.3) is 16.4 Å². The number of hydrogen-bond donors (Lipinski definition) is 1. The zero-order valence-electron chi connectivity index (χ0n) is 9.58. The van der Waals surface area contributed by atoms with Gasteiger partial charge in [-0.15, -0.1) is 0 Å². The van der Waals surface area contributed by atoms with Crippen molar-refractivity contribution >= 4 is 22.3 Å². The number of carboxylic acids is 1. The molecule has 0 bridgehead atoms. The molecule has 0 aromatic carbocycles. The highest BCUT2D eigenvalue weighted by atomic mass is 32.1. The molecule has 3 aromatic heterocycles. The Morgan fingerprint density at radius 2 is 2.44 bits per heavy atom. The van der Waals surface area contributed by atoms with E-state index >= 15 is 0 Å². The van der Waals surface area contributed by atoms with E-state index in [9.17, 15) is 4.79 Å². The van der Waals surface area contributed by atoms with E-state index in [4.69, 9.17) is 9.52 Å². The third-order valence-electron chi connectivity index (χ3n) is 2.72. The van der Waals surface area contributed by atoms with Gasteiger partial charge in [-0.2, -0.15) is 0 Å². The maximum atomic E-state index is 11.1. The van der Waals surface area contributed by atoms with Gasteiger partial charge in [-0.25, -0.2) is 9.78 Å². The van der Waals surface area contributed by atoms with Gasteiger partial charge in [0, 0.05) is 11.9 Å². The van der Waals surface area contributed by atoms with Crippen LogP contribution in [-0.2, 0) is 6.42 Å². The minimum absolute atomic E-state index is 0.353. The van der Waals surface area contributed by atoms with Crippen LogP contribution in [0.5, 0.6) is 0 Å². The van der Waals surface area contributed by atoms with E-state index in [1.807, 2.05) is 23.6 Å². The number of thiazole rings is 1. The smallest absolute Gasteiger partial charge is 0.347 e. The molecule has 0 amide bonds. The third kappa shape index (κ3) is 1.53. The van der Waals surface area contributed by atoms with E-state index in [1.54, 1.807) is 12.3 Å². The molecule has 3 aromatic rings. The van der Waals surface area contributed by atoms with Crippen LogP contribution in [0.4, 0.5) is 0 Å². The highest BCUT2D eigenvalue weighted by Crippen LogP contribution is 2.27. The van der Waals surface area contributed by atoms with Gasteiger partial charge < -0.3 is 9.52 Å². The zero-order valence-corrected chi connectivity index (χ0v) is 10.4. The second kappa shape index (κ2) is 3.99. The average Bonchev–Trinajstić information content (AvgIpc) is 3.02. The van der Waals surface area contributed by atoms with Crippen LogP contribution >= 0.6 is 11.3 Å². The fraction of sp³-hybridized carbons (Fsp3) is 0.167. The van der Waals surface area contributed by atoms with Crippen molar-refractivity contribution in [3.8, 4) is 11.5 Å². The number of carbonyl (C=O) groups is 1. The van der Waals surface area contributed by atoms with Crippen molar-refractivity contribution < 1.29 is 14.3 Å². The lowest BCUT2D eigenvalue weighted by Gasteiger charge is -1.95. The molecule has 0 aliphatic carbocycles. The maximum Gasteiger partial charge on any atom is 0.347 e. The van der Waals surface area contributed by atoms with Crippen molar-refractivity contribution in [2.45, 2.75) is 13.3 Å². The van der Waals surface area contributed by atoms with Crippen LogP contribution in [0.2, 0.25) is 0 Å². The van der Waals surface area contributed by atoms with E-state index in [2.05, 4.69) is 4.98 Å². The summed E-state index contributed by atoms with van der Waals surface area (Å²) in [6.07, 6.45) is 4.05. The number of nitrogens with zero attached hydrogens (tertiary/aromatic N) is 2. The standard InChI is InChI=1S/C12H10N2O3S/c1-2-8-10(11(15)16)18-12-13-7(6-14(8)12)9-4-3-5-17-9/h3-6H,2H2,1H3,(H,15,16). The number of aromatic carboxylic acids is 1. The average molecular weight is 262 g/mol. The fourth-order valence-electron chi connectivity index (χ4n) is 1.93. The van der Waals surface area contributed by atoms with Gasteiger partial charge in [0.2, 0.25) is 0 Å². The van der Waals surface area contributed by atoms with E-state index in [0.717, 1.165) is 11.4 Å². The van der Waals surface area contributed by atoms with Crippen molar-refractivity contribution in [3.05, 3.63) is 35.2 Å². The van der Waals surface area contributed by atoms with Crippen LogP contribution in [0, 0.1) is 0 Å². The van der Waals surface area contributed by atoms with Crippen molar-refractivity contribution in [2.24, 2.45) is 0 Å². The molecule has 92 valence electrons. The Hall–Kier alpha value is -2.08. The Bertz CT molecular complexity index is 709.